The first kappa shape index (κ1) is 20.8. The summed E-state index contributed by atoms with van der Waals surface area (Å²) in [4.78, 5) is 26.0. The van der Waals surface area contributed by atoms with Gasteiger partial charge in [-0.2, -0.15) is 5.26 Å². The van der Waals surface area contributed by atoms with Crippen LogP contribution in [0.15, 0.2) is 91.0 Å². The van der Waals surface area contributed by atoms with E-state index in [1.807, 2.05) is 97.1 Å². The van der Waals surface area contributed by atoms with Gasteiger partial charge in [0.2, 0.25) is 11.8 Å². The number of carbonyl (C=O) groups excluding carboxylic acids is 2. The van der Waals surface area contributed by atoms with Crippen molar-refractivity contribution in [3.8, 4) is 6.07 Å². The Hall–Kier alpha value is -3.91. The largest absolute Gasteiger partial charge is 0.343 e. The van der Waals surface area contributed by atoms with Gasteiger partial charge in [-0.05, 0) is 16.7 Å². The fraction of sp³-hybridized carbons (Fsp3) is 0.160. The van der Waals surface area contributed by atoms with Gasteiger partial charge in [0.25, 0.3) is 0 Å². The molecule has 30 heavy (non-hydrogen) atoms. The van der Waals surface area contributed by atoms with E-state index < -0.39 is 12.0 Å². The van der Waals surface area contributed by atoms with E-state index >= 15 is 0 Å². The van der Waals surface area contributed by atoms with Crippen molar-refractivity contribution in [1.82, 2.24) is 10.6 Å². The van der Waals surface area contributed by atoms with Crippen LogP contribution in [0.4, 0.5) is 0 Å². The maximum absolute atomic E-state index is 13.4. The van der Waals surface area contributed by atoms with Gasteiger partial charge in [-0.25, -0.2) is 0 Å². The SMILES string of the molecule is N#CCNC(=O)[C@H](Cc1ccccc1)NC(=O)C(c1ccccc1)c1ccccc1. The highest BCUT2D eigenvalue weighted by atomic mass is 16.2. The lowest BCUT2D eigenvalue weighted by atomic mass is 9.90. The number of benzene rings is 3. The highest BCUT2D eigenvalue weighted by Crippen LogP contribution is 2.25. The molecule has 0 fully saturated rings. The van der Waals surface area contributed by atoms with Crippen molar-refractivity contribution >= 4 is 11.8 Å². The van der Waals surface area contributed by atoms with Gasteiger partial charge in [0.05, 0.1) is 12.0 Å². The van der Waals surface area contributed by atoms with Gasteiger partial charge < -0.3 is 10.6 Å². The van der Waals surface area contributed by atoms with Crippen molar-refractivity contribution in [1.29, 1.82) is 5.26 Å². The highest BCUT2D eigenvalue weighted by Gasteiger charge is 2.28. The number of nitrogens with zero attached hydrogens (tertiary/aromatic N) is 1. The van der Waals surface area contributed by atoms with E-state index in [0.717, 1.165) is 16.7 Å². The quantitative estimate of drug-likeness (QED) is 0.573. The lowest BCUT2D eigenvalue weighted by Crippen LogP contribution is -2.49. The smallest absolute Gasteiger partial charge is 0.243 e. The number of nitrogens with one attached hydrogen (secondary N) is 2. The molecule has 2 amide bonds. The third kappa shape index (κ3) is 5.55. The molecular weight excluding hydrogens is 374 g/mol. The molecule has 0 unspecified atom stereocenters. The second-order valence-corrected chi connectivity index (χ2v) is 6.88. The molecule has 3 aromatic rings. The van der Waals surface area contributed by atoms with E-state index in [-0.39, 0.29) is 18.4 Å². The Bertz CT molecular complexity index is 959. The predicted octanol–water partition coefficient (Wildman–Crippen LogP) is 3.19. The molecule has 0 spiro atoms. The minimum absolute atomic E-state index is 0.110. The van der Waals surface area contributed by atoms with Gasteiger partial charge in [-0.1, -0.05) is 91.0 Å². The summed E-state index contributed by atoms with van der Waals surface area (Å²) in [5, 5.41) is 14.3. The molecule has 0 saturated carbocycles. The van der Waals surface area contributed by atoms with Crippen molar-refractivity contribution in [3.05, 3.63) is 108 Å². The van der Waals surface area contributed by atoms with Gasteiger partial charge in [-0.3, -0.25) is 9.59 Å². The van der Waals surface area contributed by atoms with E-state index in [4.69, 9.17) is 5.26 Å². The fourth-order valence-corrected chi connectivity index (χ4v) is 3.35. The summed E-state index contributed by atoms with van der Waals surface area (Å²) in [6.45, 7) is -0.110. The normalized spacial score (nSPS) is 11.3. The molecule has 0 heterocycles. The Labute approximate surface area is 176 Å². The van der Waals surface area contributed by atoms with Crippen LogP contribution in [0.3, 0.4) is 0 Å². The van der Waals surface area contributed by atoms with E-state index in [2.05, 4.69) is 10.6 Å². The van der Waals surface area contributed by atoms with Gasteiger partial charge in [0, 0.05) is 6.42 Å². The van der Waals surface area contributed by atoms with Gasteiger partial charge in [0.1, 0.15) is 12.6 Å². The molecule has 0 aliphatic heterocycles. The summed E-state index contributed by atoms with van der Waals surface area (Å²) < 4.78 is 0. The van der Waals surface area contributed by atoms with Crippen molar-refractivity contribution in [3.63, 3.8) is 0 Å². The summed E-state index contributed by atoms with van der Waals surface area (Å²) >= 11 is 0. The van der Waals surface area contributed by atoms with Crippen LogP contribution in [0.2, 0.25) is 0 Å². The van der Waals surface area contributed by atoms with Gasteiger partial charge in [-0.15, -0.1) is 0 Å². The molecule has 150 valence electrons. The molecule has 0 aliphatic rings. The second-order valence-electron chi connectivity index (χ2n) is 6.88. The predicted molar refractivity (Wildman–Crippen MR) is 115 cm³/mol. The van der Waals surface area contributed by atoms with Crippen LogP contribution >= 0.6 is 0 Å². The first-order chi connectivity index (χ1) is 14.7. The zero-order valence-electron chi connectivity index (χ0n) is 16.5. The van der Waals surface area contributed by atoms with E-state index in [1.165, 1.54) is 0 Å². The second kappa shape index (κ2) is 10.6. The minimum Gasteiger partial charge on any atom is -0.343 e. The summed E-state index contributed by atoms with van der Waals surface area (Å²) in [6.07, 6.45) is 0.333. The van der Waals surface area contributed by atoms with Crippen molar-refractivity contribution < 1.29 is 9.59 Å². The molecule has 1 atom stereocenters. The van der Waals surface area contributed by atoms with E-state index in [1.54, 1.807) is 0 Å². The molecular formula is C25H23N3O2. The van der Waals surface area contributed by atoms with Crippen LogP contribution in [-0.2, 0) is 16.0 Å². The van der Waals surface area contributed by atoms with Crippen LogP contribution in [0, 0.1) is 11.3 Å². The Balaban J connectivity index is 1.87. The Kier molecular flexibility index (Phi) is 7.34. The molecule has 0 aromatic heterocycles. The van der Waals surface area contributed by atoms with Crippen molar-refractivity contribution in [2.24, 2.45) is 0 Å². The lowest BCUT2D eigenvalue weighted by molar-refractivity contribution is -0.129. The summed E-state index contributed by atoms with van der Waals surface area (Å²) in [5.41, 5.74) is 2.61. The Morgan fingerprint density at radius 1 is 0.767 bits per heavy atom. The average Bonchev–Trinajstić information content (AvgIpc) is 2.79. The number of rotatable bonds is 8. The highest BCUT2D eigenvalue weighted by molar-refractivity contribution is 5.92. The lowest BCUT2D eigenvalue weighted by Gasteiger charge is -2.23. The molecule has 2 N–H and O–H groups in total. The van der Waals surface area contributed by atoms with Crippen molar-refractivity contribution in [2.45, 2.75) is 18.4 Å². The summed E-state index contributed by atoms with van der Waals surface area (Å²) in [7, 11) is 0. The maximum atomic E-state index is 13.4. The van der Waals surface area contributed by atoms with Gasteiger partial charge >= 0.3 is 0 Å². The molecule has 0 bridgehead atoms. The molecule has 5 heteroatoms. The molecule has 5 nitrogen and oxygen atoms in total. The standard InChI is InChI=1S/C25H23N3O2/c26-16-17-27-24(29)22(18-19-10-4-1-5-11-19)28-25(30)23(20-12-6-2-7-13-20)21-14-8-3-9-15-21/h1-15,22-23H,17-18H2,(H,27,29)(H,28,30)/t22-/m0/s1. The number of hydrogen-bond acceptors (Lipinski definition) is 3. The van der Waals surface area contributed by atoms with Crippen LogP contribution < -0.4 is 10.6 Å². The van der Waals surface area contributed by atoms with E-state index in [9.17, 15) is 9.59 Å². The topological polar surface area (TPSA) is 82.0 Å². The van der Waals surface area contributed by atoms with Crippen LogP contribution in [0.25, 0.3) is 0 Å². The number of carbonyl (C=O) groups is 2. The Morgan fingerprint density at radius 3 is 1.77 bits per heavy atom. The number of hydrogen-bond donors (Lipinski definition) is 2. The first-order valence-electron chi connectivity index (χ1n) is 9.78. The monoisotopic (exact) mass is 397 g/mol. The third-order valence-electron chi connectivity index (χ3n) is 4.79. The molecule has 0 saturated heterocycles. The first-order valence-corrected chi connectivity index (χ1v) is 9.78. The molecule has 0 radical (unpaired) electrons. The average molecular weight is 397 g/mol. The minimum atomic E-state index is -0.789. The van der Waals surface area contributed by atoms with E-state index in [0.29, 0.717) is 6.42 Å². The summed E-state index contributed by atoms with van der Waals surface area (Å²) in [5.74, 6) is -1.19. The molecule has 3 aromatic carbocycles. The zero-order valence-corrected chi connectivity index (χ0v) is 16.5. The Morgan fingerprint density at radius 2 is 1.27 bits per heavy atom. The number of amides is 2. The number of nitriles is 1. The molecule has 0 aliphatic carbocycles. The van der Waals surface area contributed by atoms with Crippen LogP contribution in [-0.4, -0.2) is 24.4 Å². The molecule has 3 rings (SSSR count). The van der Waals surface area contributed by atoms with Crippen LogP contribution in [0.5, 0.6) is 0 Å². The van der Waals surface area contributed by atoms with Crippen LogP contribution in [0.1, 0.15) is 22.6 Å². The maximum Gasteiger partial charge on any atom is 0.243 e. The fourth-order valence-electron chi connectivity index (χ4n) is 3.35. The zero-order chi connectivity index (χ0) is 21.2. The third-order valence-corrected chi connectivity index (χ3v) is 4.79. The summed E-state index contributed by atoms with van der Waals surface area (Å²) in [6, 6.07) is 29.6. The van der Waals surface area contributed by atoms with Crippen molar-refractivity contribution in [2.75, 3.05) is 6.54 Å². The van der Waals surface area contributed by atoms with Gasteiger partial charge in [0.15, 0.2) is 0 Å².